The number of hydrogen-bond acceptors (Lipinski definition) is 3. The first-order valence-electron chi connectivity index (χ1n) is 9.79. The molecule has 0 aromatic rings. The van der Waals surface area contributed by atoms with Crippen LogP contribution in [0.2, 0.25) is 0 Å². The molecule has 0 unspecified atom stereocenters. The molecule has 4 bridgehead atoms. The fourth-order valence-electron chi connectivity index (χ4n) is 6.14. The maximum absolute atomic E-state index is 12.9. The second kappa shape index (κ2) is 6.36. The fraction of sp³-hybridized carbons (Fsp3) is 0.947. The highest BCUT2D eigenvalue weighted by atomic mass is 16.2. The van der Waals surface area contributed by atoms with Gasteiger partial charge in [0.25, 0.3) is 0 Å². The van der Waals surface area contributed by atoms with E-state index < -0.39 is 0 Å². The van der Waals surface area contributed by atoms with E-state index in [0.717, 1.165) is 49.7 Å². The molecule has 130 valence electrons. The minimum Gasteiger partial charge on any atom is -0.351 e. The molecule has 5 aliphatic rings. The van der Waals surface area contributed by atoms with Gasteiger partial charge < -0.3 is 10.2 Å². The van der Waals surface area contributed by atoms with E-state index in [2.05, 4.69) is 29.2 Å². The van der Waals surface area contributed by atoms with Crippen molar-refractivity contribution in [2.75, 3.05) is 33.7 Å². The van der Waals surface area contributed by atoms with Crippen molar-refractivity contribution in [1.82, 2.24) is 15.1 Å². The third kappa shape index (κ3) is 3.17. The molecule has 5 fully saturated rings. The van der Waals surface area contributed by atoms with E-state index in [0.29, 0.717) is 11.9 Å². The van der Waals surface area contributed by atoms with Crippen LogP contribution in [0, 0.1) is 23.7 Å². The number of amides is 1. The summed E-state index contributed by atoms with van der Waals surface area (Å²) < 4.78 is 0. The van der Waals surface area contributed by atoms with Crippen molar-refractivity contribution in [3.05, 3.63) is 0 Å². The van der Waals surface area contributed by atoms with E-state index in [4.69, 9.17) is 0 Å². The summed E-state index contributed by atoms with van der Waals surface area (Å²) in [6.07, 6.45) is 9.23. The summed E-state index contributed by atoms with van der Waals surface area (Å²) in [4.78, 5) is 17.5. The van der Waals surface area contributed by atoms with Crippen LogP contribution in [0.25, 0.3) is 0 Å². The normalized spacial score (nSPS) is 42.6. The standard InChI is InChI=1S/C19H33N3O/c1-21(2)6-7-22-5-3-4-17(22)19(23)20-18-15-9-13-8-14(11-15)12-16(18)10-13/h13-18H,3-12H2,1-2H3,(H,20,23)/t13?,14?,15?,16?,17-,18?/m1/s1. The summed E-state index contributed by atoms with van der Waals surface area (Å²) in [6.45, 7) is 3.15. The van der Waals surface area contributed by atoms with E-state index in [1.165, 1.54) is 38.5 Å². The highest BCUT2D eigenvalue weighted by Crippen LogP contribution is 2.53. The number of carbonyl (C=O) groups is 1. The van der Waals surface area contributed by atoms with Crippen molar-refractivity contribution in [3.8, 4) is 0 Å². The average molecular weight is 319 g/mol. The van der Waals surface area contributed by atoms with Crippen molar-refractivity contribution in [1.29, 1.82) is 0 Å². The Bertz CT molecular complexity index is 422. The highest BCUT2D eigenvalue weighted by Gasteiger charge is 2.49. The van der Waals surface area contributed by atoms with Gasteiger partial charge in [0.05, 0.1) is 6.04 Å². The Balaban J connectivity index is 1.36. The Morgan fingerprint density at radius 3 is 2.35 bits per heavy atom. The smallest absolute Gasteiger partial charge is 0.237 e. The molecule has 23 heavy (non-hydrogen) atoms. The fourth-order valence-corrected chi connectivity index (χ4v) is 6.14. The molecule has 1 atom stereocenters. The van der Waals surface area contributed by atoms with Crippen LogP contribution in [0.1, 0.15) is 44.9 Å². The third-order valence-corrected chi connectivity index (χ3v) is 7.04. The second-order valence-electron chi connectivity index (χ2n) is 8.96. The largest absolute Gasteiger partial charge is 0.351 e. The molecule has 0 aromatic carbocycles. The van der Waals surface area contributed by atoms with Gasteiger partial charge in [-0.15, -0.1) is 0 Å². The summed E-state index contributed by atoms with van der Waals surface area (Å²) in [5.74, 6) is 3.86. The van der Waals surface area contributed by atoms with Crippen LogP contribution in [0.4, 0.5) is 0 Å². The number of nitrogens with zero attached hydrogens (tertiary/aromatic N) is 2. The Morgan fingerprint density at radius 1 is 1.09 bits per heavy atom. The quantitative estimate of drug-likeness (QED) is 0.841. The van der Waals surface area contributed by atoms with E-state index in [1.54, 1.807) is 0 Å². The van der Waals surface area contributed by atoms with Gasteiger partial charge in [0.2, 0.25) is 5.91 Å². The Kier molecular flexibility index (Phi) is 4.39. The van der Waals surface area contributed by atoms with Crippen molar-refractivity contribution in [2.45, 2.75) is 57.0 Å². The molecule has 1 N–H and O–H groups in total. The molecule has 4 heteroatoms. The monoisotopic (exact) mass is 319 g/mol. The average Bonchev–Trinajstić information content (AvgIpc) is 2.96. The van der Waals surface area contributed by atoms with Gasteiger partial charge in [0.1, 0.15) is 0 Å². The second-order valence-corrected chi connectivity index (χ2v) is 8.96. The van der Waals surface area contributed by atoms with Crippen molar-refractivity contribution >= 4 is 5.91 Å². The minimum atomic E-state index is 0.132. The first-order valence-corrected chi connectivity index (χ1v) is 9.79. The molecule has 1 saturated heterocycles. The number of likely N-dealkylation sites (N-methyl/N-ethyl adjacent to an activating group) is 1. The van der Waals surface area contributed by atoms with Crippen LogP contribution in [0.3, 0.4) is 0 Å². The molecule has 1 amide bonds. The maximum atomic E-state index is 12.9. The third-order valence-electron chi connectivity index (χ3n) is 7.04. The predicted octanol–water partition coefficient (Wildman–Crippen LogP) is 1.95. The van der Waals surface area contributed by atoms with E-state index in [9.17, 15) is 4.79 Å². The van der Waals surface area contributed by atoms with Crippen LogP contribution >= 0.6 is 0 Å². The van der Waals surface area contributed by atoms with Crippen LogP contribution in [0.5, 0.6) is 0 Å². The van der Waals surface area contributed by atoms with Crippen molar-refractivity contribution < 1.29 is 4.79 Å². The van der Waals surface area contributed by atoms with Gasteiger partial charge in [-0.3, -0.25) is 9.69 Å². The number of hydrogen-bond donors (Lipinski definition) is 1. The van der Waals surface area contributed by atoms with Crippen LogP contribution < -0.4 is 5.32 Å². The van der Waals surface area contributed by atoms with Crippen LogP contribution in [0.15, 0.2) is 0 Å². The summed E-state index contributed by atoms with van der Waals surface area (Å²) >= 11 is 0. The zero-order valence-electron chi connectivity index (χ0n) is 14.8. The van der Waals surface area contributed by atoms with E-state index in [1.807, 2.05) is 0 Å². The first-order chi connectivity index (χ1) is 11.1. The molecular formula is C19H33N3O. The lowest BCUT2D eigenvalue weighted by atomic mass is 9.54. The molecule has 0 spiro atoms. The molecule has 1 heterocycles. The summed E-state index contributed by atoms with van der Waals surface area (Å²) in [7, 11) is 4.22. The molecular weight excluding hydrogens is 286 g/mol. The number of likely N-dealkylation sites (tertiary alicyclic amines) is 1. The molecule has 4 nitrogen and oxygen atoms in total. The van der Waals surface area contributed by atoms with Gasteiger partial charge >= 0.3 is 0 Å². The zero-order valence-corrected chi connectivity index (χ0v) is 14.8. The van der Waals surface area contributed by atoms with Crippen LogP contribution in [-0.2, 0) is 4.79 Å². The Hall–Kier alpha value is -0.610. The maximum Gasteiger partial charge on any atom is 0.237 e. The molecule has 1 aliphatic heterocycles. The minimum absolute atomic E-state index is 0.132. The number of nitrogens with one attached hydrogen (secondary N) is 1. The lowest BCUT2D eigenvalue weighted by molar-refractivity contribution is -0.129. The van der Waals surface area contributed by atoms with Crippen molar-refractivity contribution in [3.63, 3.8) is 0 Å². The van der Waals surface area contributed by atoms with Crippen molar-refractivity contribution in [2.24, 2.45) is 23.7 Å². The predicted molar refractivity (Wildman–Crippen MR) is 92.1 cm³/mol. The molecule has 4 aliphatic carbocycles. The SMILES string of the molecule is CN(C)CCN1CCC[C@@H]1C(=O)NC1C2CC3CC(C2)CC1C3. The van der Waals surface area contributed by atoms with Gasteiger partial charge in [-0.05, 0) is 89.3 Å². The molecule has 4 saturated carbocycles. The molecule has 0 radical (unpaired) electrons. The molecule has 0 aromatic heterocycles. The number of carbonyl (C=O) groups excluding carboxylic acids is 1. The van der Waals surface area contributed by atoms with Gasteiger partial charge in [0, 0.05) is 19.1 Å². The lowest BCUT2D eigenvalue weighted by Gasteiger charge is -2.54. The van der Waals surface area contributed by atoms with Gasteiger partial charge in [-0.2, -0.15) is 0 Å². The lowest BCUT2D eigenvalue weighted by Crippen LogP contribution is -2.58. The summed E-state index contributed by atoms with van der Waals surface area (Å²) in [5.41, 5.74) is 0. The topological polar surface area (TPSA) is 35.6 Å². The van der Waals surface area contributed by atoms with Gasteiger partial charge in [-0.25, -0.2) is 0 Å². The Labute approximate surface area is 141 Å². The zero-order chi connectivity index (χ0) is 16.0. The summed E-state index contributed by atoms with van der Waals surface area (Å²) in [5, 5.41) is 3.53. The number of rotatable bonds is 5. The molecule has 5 rings (SSSR count). The van der Waals surface area contributed by atoms with E-state index >= 15 is 0 Å². The summed E-state index contributed by atoms with van der Waals surface area (Å²) in [6, 6.07) is 0.624. The van der Waals surface area contributed by atoms with Gasteiger partial charge in [0.15, 0.2) is 0 Å². The first kappa shape index (κ1) is 15.9. The highest BCUT2D eigenvalue weighted by molar-refractivity contribution is 5.82. The van der Waals surface area contributed by atoms with Crippen LogP contribution in [-0.4, -0.2) is 61.5 Å². The van der Waals surface area contributed by atoms with Gasteiger partial charge in [-0.1, -0.05) is 0 Å². The Morgan fingerprint density at radius 2 is 1.74 bits per heavy atom. The van der Waals surface area contributed by atoms with E-state index in [-0.39, 0.29) is 6.04 Å².